The van der Waals surface area contributed by atoms with Crippen LogP contribution in [0.4, 0.5) is 4.39 Å². The van der Waals surface area contributed by atoms with E-state index in [1.807, 2.05) is 30.3 Å². The van der Waals surface area contributed by atoms with Gasteiger partial charge in [0.15, 0.2) is 5.58 Å². The molecule has 4 heteroatoms. The zero-order valence-electron chi connectivity index (χ0n) is 16.6. The Morgan fingerprint density at radius 2 is 1.58 bits per heavy atom. The van der Waals surface area contributed by atoms with Crippen LogP contribution in [0, 0.1) is 11.7 Å². The molecule has 0 radical (unpaired) electrons. The predicted molar refractivity (Wildman–Crippen MR) is 110 cm³/mol. The highest BCUT2D eigenvalue weighted by molar-refractivity contribution is 6.77. The van der Waals surface area contributed by atoms with E-state index in [0.29, 0.717) is 33.9 Å². The number of furan rings is 1. The second-order valence-electron chi connectivity index (χ2n) is 8.32. The molecule has 0 aliphatic carbocycles. The molecule has 3 aromatic rings. The van der Waals surface area contributed by atoms with Crippen molar-refractivity contribution in [1.82, 2.24) is 0 Å². The summed E-state index contributed by atoms with van der Waals surface area (Å²) in [6.07, 6.45) is 0. The minimum absolute atomic E-state index is 0.295. The van der Waals surface area contributed by atoms with Crippen LogP contribution >= 0.6 is 0 Å². The topological polar surface area (TPSA) is 22.4 Å². The van der Waals surface area contributed by atoms with Gasteiger partial charge >= 0.3 is 0 Å². The second kappa shape index (κ2) is 7.07. The van der Waals surface area contributed by atoms with Gasteiger partial charge in [-0.25, -0.2) is 0 Å². The summed E-state index contributed by atoms with van der Waals surface area (Å²) in [6, 6.07) is 12.4. The largest absolute Gasteiger partial charge is 0.541 e. The smallest absolute Gasteiger partial charge is 0.256 e. The average Bonchev–Trinajstić information content (AvgIpc) is 2.95. The quantitative estimate of drug-likeness (QED) is 0.417. The molecule has 0 unspecified atom stereocenters. The van der Waals surface area contributed by atoms with E-state index >= 15 is 4.39 Å². The maximum atomic E-state index is 15.3. The summed E-state index contributed by atoms with van der Waals surface area (Å²) in [4.78, 5) is 0. The average molecular weight is 373 g/mol. The highest BCUT2D eigenvalue weighted by atomic mass is 28.4. The lowest BCUT2D eigenvalue weighted by molar-refractivity contribution is 0.444. The first-order valence-electron chi connectivity index (χ1n) is 9.55. The molecule has 1 heterocycles. The van der Waals surface area contributed by atoms with Crippen LogP contribution in [-0.4, -0.2) is 8.32 Å². The fraction of sp³-hybridized carbons (Fsp3) is 0.455. The normalized spacial score (nSPS) is 12.8. The summed E-state index contributed by atoms with van der Waals surface area (Å²) in [6.45, 7) is 13.3. The third kappa shape index (κ3) is 3.15. The molecule has 3 rings (SSSR count). The van der Waals surface area contributed by atoms with Crippen molar-refractivity contribution in [3.8, 4) is 5.75 Å². The van der Waals surface area contributed by atoms with Crippen LogP contribution in [0.2, 0.25) is 17.1 Å². The lowest BCUT2D eigenvalue weighted by Crippen LogP contribution is -2.49. The lowest BCUT2D eigenvalue weighted by atomic mass is 10.1. The van der Waals surface area contributed by atoms with Crippen molar-refractivity contribution in [3.63, 3.8) is 0 Å². The number of para-hydroxylation sites is 1. The molecule has 0 spiro atoms. The van der Waals surface area contributed by atoms with Gasteiger partial charge in [0.2, 0.25) is 5.82 Å². The van der Waals surface area contributed by atoms with Gasteiger partial charge in [0.1, 0.15) is 11.3 Å². The SMILES string of the molecule is CC(C)C[Si](Oc1ccc2c(oc3ccccc32)c1F)(C(C)C)C(C)C. The van der Waals surface area contributed by atoms with Crippen molar-refractivity contribution in [2.45, 2.75) is 58.7 Å². The van der Waals surface area contributed by atoms with E-state index in [1.165, 1.54) is 0 Å². The lowest BCUT2D eigenvalue weighted by Gasteiger charge is -2.40. The van der Waals surface area contributed by atoms with Crippen molar-refractivity contribution in [3.05, 3.63) is 42.2 Å². The van der Waals surface area contributed by atoms with E-state index in [2.05, 4.69) is 41.5 Å². The van der Waals surface area contributed by atoms with E-state index < -0.39 is 8.32 Å². The zero-order valence-corrected chi connectivity index (χ0v) is 17.6. The molecule has 2 aromatic carbocycles. The van der Waals surface area contributed by atoms with Crippen LogP contribution < -0.4 is 4.43 Å². The van der Waals surface area contributed by atoms with E-state index in [9.17, 15) is 0 Å². The maximum Gasteiger partial charge on any atom is 0.256 e. The zero-order chi connectivity index (χ0) is 19.1. The number of halogens is 1. The Labute approximate surface area is 156 Å². The first kappa shape index (κ1) is 19.0. The first-order chi connectivity index (χ1) is 12.3. The summed E-state index contributed by atoms with van der Waals surface area (Å²) < 4.78 is 27.7. The Morgan fingerprint density at radius 3 is 2.19 bits per heavy atom. The van der Waals surface area contributed by atoms with Gasteiger partial charge in [-0.1, -0.05) is 59.7 Å². The van der Waals surface area contributed by atoms with Gasteiger partial charge in [0, 0.05) is 10.8 Å². The van der Waals surface area contributed by atoms with Gasteiger partial charge in [0.25, 0.3) is 8.32 Å². The molecule has 0 saturated heterocycles. The summed E-state index contributed by atoms with van der Waals surface area (Å²) >= 11 is 0. The van der Waals surface area contributed by atoms with E-state index in [0.717, 1.165) is 16.8 Å². The number of rotatable bonds is 6. The molecule has 2 nitrogen and oxygen atoms in total. The standard InChI is InChI=1S/C22H29FO2Si/c1-14(2)13-26(15(3)4,16(5)6)25-20-12-11-18-17-9-7-8-10-19(17)24-22(18)21(20)23/h7-12,14-16H,13H2,1-6H3. The fourth-order valence-corrected chi connectivity index (χ4v) is 8.75. The Hall–Kier alpha value is -1.81. The Kier molecular flexibility index (Phi) is 5.15. The van der Waals surface area contributed by atoms with Crippen LogP contribution in [-0.2, 0) is 0 Å². The molecule has 0 N–H and O–H groups in total. The molecule has 26 heavy (non-hydrogen) atoms. The van der Waals surface area contributed by atoms with Crippen molar-refractivity contribution in [2.75, 3.05) is 0 Å². The van der Waals surface area contributed by atoms with E-state index in [4.69, 9.17) is 8.84 Å². The minimum Gasteiger partial charge on any atom is -0.541 e. The monoisotopic (exact) mass is 372 g/mol. The summed E-state index contributed by atoms with van der Waals surface area (Å²) in [7, 11) is -2.19. The summed E-state index contributed by atoms with van der Waals surface area (Å²) in [5, 5.41) is 1.74. The molecule has 0 amide bonds. The Morgan fingerprint density at radius 1 is 0.923 bits per heavy atom. The van der Waals surface area contributed by atoms with Crippen LogP contribution in [0.15, 0.2) is 40.8 Å². The Balaban J connectivity index is 2.11. The third-order valence-corrected chi connectivity index (χ3v) is 11.4. The van der Waals surface area contributed by atoms with Gasteiger partial charge in [0.05, 0.1) is 0 Å². The van der Waals surface area contributed by atoms with Crippen molar-refractivity contribution in [1.29, 1.82) is 0 Å². The molecular weight excluding hydrogens is 343 g/mol. The molecular formula is C22H29FO2Si. The number of hydrogen-bond acceptors (Lipinski definition) is 2. The summed E-state index contributed by atoms with van der Waals surface area (Å²) in [5.74, 6) is 0.483. The summed E-state index contributed by atoms with van der Waals surface area (Å²) in [5.41, 5.74) is 1.80. The molecule has 0 aliphatic heterocycles. The van der Waals surface area contributed by atoms with Crippen molar-refractivity contribution < 1.29 is 13.2 Å². The molecule has 140 valence electrons. The minimum atomic E-state index is -2.19. The molecule has 0 aliphatic rings. The number of benzene rings is 2. The maximum absolute atomic E-state index is 15.3. The van der Waals surface area contributed by atoms with Gasteiger partial charge in [-0.15, -0.1) is 0 Å². The predicted octanol–water partition coefficient (Wildman–Crippen LogP) is 7.53. The van der Waals surface area contributed by atoms with Crippen molar-refractivity contribution in [2.24, 2.45) is 5.92 Å². The van der Waals surface area contributed by atoms with Gasteiger partial charge in [-0.05, 0) is 41.2 Å². The molecule has 0 fully saturated rings. The van der Waals surface area contributed by atoms with Gasteiger partial charge in [-0.3, -0.25) is 0 Å². The molecule has 0 saturated carbocycles. The van der Waals surface area contributed by atoms with E-state index in [1.54, 1.807) is 6.07 Å². The molecule has 0 bridgehead atoms. The van der Waals surface area contributed by atoms with Gasteiger partial charge in [-0.2, -0.15) is 4.39 Å². The highest BCUT2D eigenvalue weighted by Gasteiger charge is 2.45. The van der Waals surface area contributed by atoms with Crippen LogP contribution in [0.3, 0.4) is 0 Å². The highest BCUT2D eigenvalue weighted by Crippen LogP contribution is 2.42. The Bertz CT molecular complexity index is 903. The number of hydrogen-bond donors (Lipinski definition) is 0. The van der Waals surface area contributed by atoms with Crippen molar-refractivity contribution >= 4 is 30.3 Å². The molecule has 0 atom stereocenters. The first-order valence-corrected chi connectivity index (χ1v) is 11.8. The van der Waals surface area contributed by atoms with Crippen LogP contribution in [0.1, 0.15) is 41.5 Å². The van der Waals surface area contributed by atoms with Crippen LogP contribution in [0.25, 0.3) is 21.9 Å². The molecule has 1 aromatic heterocycles. The fourth-order valence-electron chi connectivity index (χ4n) is 4.08. The van der Waals surface area contributed by atoms with Gasteiger partial charge < -0.3 is 8.84 Å². The van der Waals surface area contributed by atoms with E-state index in [-0.39, 0.29) is 5.82 Å². The second-order valence-corrected chi connectivity index (χ2v) is 13.1. The third-order valence-electron chi connectivity index (χ3n) is 5.43. The number of fused-ring (bicyclic) bond motifs is 3. The van der Waals surface area contributed by atoms with Crippen LogP contribution in [0.5, 0.6) is 5.75 Å².